The number of fused-ring (bicyclic) bond motifs is 1. The van der Waals surface area contributed by atoms with E-state index in [-0.39, 0.29) is 0 Å². The van der Waals surface area contributed by atoms with E-state index in [1.165, 1.54) is 28.8 Å². The molecule has 0 saturated carbocycles. The van der Waals surface area contributed by atoms with Gasteiger partial charge in [0.15, 0.2) is 0 Å². The van der Waals surface area contributed by atoms with E-state index in [2.05, 4.69) is 121 Å². The van der Waals surface area contributed by atoms with Crippen LogP contribution in [0.25, 0.3) is 10.8 Å². The highest BCUT2D eigenvalue weighted by Crippen LogP contribution is 2.43. The normalized spacial score (nSPS) is 11.3. The Kier molecular flexibility index (Phi) is 10.2. The Morgan fingerprint density at radius 3 is 1.15 bits per heavy atom. The molecule has 7 aromatic carbocycles. The lowest BCUT2D eigenvalue weighted by atomic mass is 9.81. The smallest absolute Gasteiger partial charge is 0.129 e. The third-order valence-electron chi connectivity index (χ3n) is 10.7. The fraction of sp³-hybridized carbons (Fsp3) is 0.200. The number of nitrogens with one attached hydrogen (secondary N) is 3. The first-order valence-corrected chi connectivity index (χ1v) is 18.9. The molecule has 0 amide bonds. The Morgan fingerprint density at radius 1 is 0.382 bits per heavy atom. The average Bonchev–Trinajstić information content (AvgIpc) is 3.11. The molecule has 0 aromatic heterocycles. The lowest BCUT2D eigenvalue weighted by molar-refractivity contribution is 0.588. The number of hydrogen-bond acceptors (Lipinski definition) is 3. The van der Waals surface area contributed by atoms with Gasteiger partial charge in [-0.3, -0.25) is 0 Å². The van der Waals surface area contributed by atoms with Gasteiger partial charge in [-0.05, 0) is 148 Å². The SMILES string of the molecule is Cc1cc(C)c(Nc2ccc(C(c3ccc(Nc4c(C)cc(C)cc4C)cc3F)c3ccc(Nc4c(C)cc(C)cc4C)c4ccccc34)c(F)c2)c(C)c1. The van der Waals surface area contributed by atoms with Crippen molar-refractivity contribution in [3.8, 4) is 0 Å². The van der Waals surface area contributed by atoms with Crippen LogP contribution in [0.4, 0.5) is 42.9 Å². The summed E-state index contributed by atoms with van der Waals surface area (Å²) in [5.41, 5.74) is 17.0. The summed E-state index contributed by atoms with van der Waals surface area (Å²) in [7, 11) is 0. The zero-order valence-corrected chi connectivity index (χ0v) is 33.2. The zero-order chi connectivity index (χ0) is 39.1. The number of benzene rings is 7. The zero-order valence-electron chi connectivity index (χ0n) is 33.2. The van der Waals surface area contributed by atoms with Crippen molar-refractivity contribution >= 4 is 44.9 Å². The van der Waals surface area contributed by atoms with Crippen LogP contribution in [0, 0.1) is 73.9 Å². The fourth-order valence-corrected chi connectivity index (χ4v) is 8.42. The second-order valence-corrected chi connectivity index (χ2v) is 15.3. The topological polar surface area (TPSA) is 36.1 Å². The minimum Gasteiger partial charge on any atom is -0.355 e. The first-order chi connectivity index (χ1) is 26.3. The van der Waals surface area contributed by atoms with E-state index in [9.17, 15) is 0 Å². The van der Waals surface area contributed by atoms with Crippen LogP contribution in [0.5, 0.6) is 0 Å². The molecular formula is C50H49F2N3. The summed E-state index contributed by atoms with van der Waals surface area (Å²) in [5, 5.41) is 12.5. The number of rotatable bonds is 9. The molecule has 0 saturated heterocycles. The van der Waals surface area contributed by atoms with Crippen molar-refractivity contribution in [1.29, 1.82) is 0 Å². The van der Waals surface area contributed by atoms with Crippen molar-refractivity contribution in [2.45, 2.75) is 68.2 Å². The molecular weight excluding hydrogens is 681 g/mol. The van der Waals surface area contributed by atoms with Gasteiger partial charge >= 0.3 is 0 Å². The van der Waals surface area contributed by atoms with E-state index in [1.54, 1.807) is 12.1 Å². The van der Waals surface area contributed by atoms with Gasteiger partial charge in [0.05, 0.1) is 0 Å². The number of anilines is 6. The summed E-state index contributed by atoms with van der Waals surface area (Å²) in [6.07, 6.45) is 0. The number of aryl methyl sites for hydroxylation is 9. The molecule has 7 rings (SSSR count). The van der Waals surface area contributed by atoms with Crippen molar-refractivity contribution in [3.63, 3.8) is 0 Å². The highest BCUT2D eigenvalue weighted by Gasteiger charge is 2.26. The lowest BCUT2D eigenvalue weighted by Crippen LogP contribution is -2.10. The van der Waals surface area contributed by atoms with Gasteiger partial charge in [-0.2, -0.15) is 0 Å². The van der Waals surface area contributed by atoms with E-state index in [0.29, 0.717) is 22.5 Å². The van der Waals surface area contributed by atoms with E-state index in [4.69, 9.17) is 0 Å². The highest BCUT2D eigenvalue weighted by molar-refractivity contribution is 5.98. The molecule has 278 valence electrons. The molecule has 5 heteroatoms. The monoisotopic (exact) mass is 729 g/mol. The molecule has 0 heterocycles. The molecule has 0 atom stereocenters. The Bertz CT molecular complexity index is 2420. The Morgan fingerprint density at radius 2 is 0.745 bits per heavy atom. The van der Waals surface area contributed by atoms with Crippen LogP contribution in [0.3, 0.4) is 0 Å². The van der Waals surface area contributed by atoms with Crippen molar-refractivity contribution in [1.82, 2.24) is 0 Å². The van der Waals surface area contributed by atoms with Crippen molar-refractivity contribution in [3.05, 3.63) is 188 Å². The molecule has 0 aliphatic carbocycles. The van der Waals surface area contributed by atoms with Gasteiger partial charge in [0.2, 0.25) is 0 Å². The van der Waals surface area contributed by atoms with E-state index in [0.717, 1.165) is 72.5 Å². The summed E-state index contributed by atoms with van der Waals surface area (Å²) >= 11 is 0. The van der Waals surface area contributed by atoms with Gasteiger partial charge in [0, 0.05) is 45.4 Å². The molecule has 0 bridgehead atoms. The van der Waals surface area contributed by atoms with Crippen molar-refractivity contribution in [2.24, 2.45) is 0 Å². The molecule has 3 nitrogen and oxygen atoms in total. The van der Waals surface area contributed by atoms with Crippen LogP contribution in [0.15, 0.2) is 109 Å². The third kappa shape index (κ3) is 7.57. The number of hydrogen-bond donors (Lipinski definition) is 3. The Hall–Kier alpha value is -5.94. The van der Waals surface area contributed by atoms with Gasteiger partial charge < -0.3 is 16.0 Å². The minimum atomic E-state index is -0.740. The van der Waals surface area contributed by atoms with Gasteiger partial charge in [0.25, 0.3) is 0 Å². The van der Waals surface area contributed by atoms with Gasteiger partial charge in [0.1, 0.15) is 11.6 Å². The summed E-state index contributed by atoms with van der Waals surface area (Å²) in [6.45, 7) is 18.7. The van der Waals surface area contributed by atoms with Gasteiger partial charge in [-0.1, -0.05) is 95.6 Å². The maximum Gasteiger partial charge on any atom is 0.129 e. The molecule has 0 aliphatic rings. The summed E-state index contributed by atoms with van der Waals surface area (Å²) in [6, 6.07) is 35.4. The molecule has 0 unspecified atom stereocenters. The average molecular weight is 730 g/mol. The van der Waals surface area contributed by atoms with Crippen LogP contribution in [-0.2, 0) is 0 Å². The summed E-state index contributed by atoms with van der Waals surface area (Å²) in [5.74, 6) is -1.57. The minimum absolute atomic E-state index is 0.392. The second-order valence-electron chi connectivity index (χ2n) is 15.3. The van der Waals surface area contributed by atoms with E-state index < -0.39 is 17.6 Å². The molecule has 0 fully saturated rings. The molecule has 3 N–H and O–H groups in total. The molecule has 0 radical (unpaired) electrons. The van der Waals surface area contributed by atoms with Crippen LogP contribution in [0.1, 0.15) is 72.7 Å². The maximum absolute atomic E-state index is 16.8. The highest BCUT2D eigenvalue weighted by atomic mass is 19.1. The Balaban J connectivity index is 1.36. The van der Waals surface area contributed by atoms with E-state index in [1.807, 2.05) is 42.5 Å². The molecule has 55 heavy (non-hydrogen) atoms. The molecule has 0 aliphatic heterocycles. The summed E-state index contributed by atoms with van der Waals surface area (Å²) in [4.78, 5) is 0. The summed E-state index contributed by atoms with van der Waals surface area (Å²) < 4.78 is 33.5. The van der Waals surface area contributed by atoms with Gasteiger partial charge in [-0.25, -0.2) is 8.78 Å². The quantitative estimate of drug-likeness (QED) is 0.130. The largest absolute Gasteiger partial charge is 0.355 e. The molecule has 7 aromatic rings. The van der Waals surface area contributed by atoms with Crippen LogP contribution < -0.4 is 16.0 Å². The first kappa shape index (κ1) is 37.4. The van der Waals surface area contributed by atoms with Crippen LogP contribution in [-0.4, -0.2) is 0 Å². The lowest BCUT2D eigenvalue weighted by Gasteiger charge is -2.24. The second kappa shape index (κ2) is 15.1. The van der Waals surface area contributed by atoms with Gasteiger partial charge in [-0.15, -0.1) is 0 Å². The standard InChI is InChI=1S/C50H49F2N3/c1-28-20-31(4)48(32(5)21-28)53-37-14-16-42(44(51)26-37)47(43-17-15-38(27-45(43)52)54-49-33(6)22-29(2)23-34(49)7)41-18-19-46(40-13-11-10-12-39(40)41)55-50-35(8)24-30(3)25-36(50)9/h10-27,47,53-55H,1-9H3. The predicted molar refractivity (Wildman–Crippen MR) is 230 cm³/mol. The predicted octanol–water partition coefficient (Wildman–Crippen LogP) is 14.3. The third-order valence-corrected chi connectivity index (χ3v) is 10.7. The van der Waals surface area contributed by atoms with E-state index >= 15 is 8.78 Å². The molecule has 0 spiro atoms. The van der Waals surface area contributed by atoms with Crippen LogP contribution >= 0.6 is 0 Å². The fourth-order valence-electron chi connectivity index (χ4n) is 8.42. The van der Waals surface area contributed by atoms with Crippen LogP contribution in [0.2, 0.25) is 0 Å². The van der Waals surface area contributed by atoms with Crippen molar-refractivity contribution < 1.29 is 8.78 Å². The number of halogens is 2. The Labute approximate surface area is 324 Å². The first-order valence-electron chi connectivity index (χ1n) is 18.9. The van der Waals surface area contributed by atoms with Crippen molar-refractivity contribution in [2.75, 3.05) is 16.0 Å². The maximum atomic E-state index is 16.8.